The van der Waals surface area contributed by atoms with E-state index in [4.69, 9.17) is 11.6 Å². The van der Waals surface area contributed by atoms with Crippen LogP contribution in [0.3, 0.4) is 0 Å². The van der Waals surface area contributed by atoms with Crippen LogP contribution in [0.2, 0.25) is 5.02 Å². The third kappa shape index (κ3) is 4.58. The average Bonchev–Trinajstić information content (AvgIpc) is 2.74. The first kappa shape index (κ1) is 19.4. The van der Waals surface area contributed by atoms with Gasteiger partial charge in [-0.15, -0.1) is 0 Å². The summed E-state index contributed by atoms with van der Waals surface area (Å²) >= 11 is 7.68. The summed E-state index contributed by atoms with van der Waals surface area (Å²) in [6, 6.07) is 22.9. The predicted octanol–water partition coefficient (Wildman–Crippen LogP) is 6.11. The lowest BCUT2D eigenvalue weighted by atomic mass is 10.1. The molecule has 3 nitrogen and oxygen atoms in total. The normalized spacial score (nSPS) is 10.8. The predicted molar refractivity (Wildman–Crippen MR) is 115 cm³/mol. The van der Waals surface area contributed by atoms with Gasteiger partial charge < -0.3 is 5.32 Å². The molecule has 0 saturated heterocycles. The van der Waals surface area contributed by atoms with Gasteiger partial charge in [-0.1, -0.05) is 65.8 Å². The Labute approximate surface area is 176 Å². The van der Waals surface area contributed by atoms with Gasteiger partial charge >= 0.3 is 0 Å². The lowest BCUT2D eigenvalue weighted by Crippen LogP contribution is -2.23. The molecule has 6 heteroatoms. The van der Waals surface area contributed by atoms with E-state index in [-0.39, 0.29) is 11.7 Å². The van der Waals surface area contributed by atoms with Crippen molar-refractivity contribution in [3.63, 3.8) is 0 Å². The molecule has 4 aromatic rings. The number of fused-ring (bicyclic) bond motifs is 1. The fourth-order valence-electron chi connectivity index (χ4n) is 2.91. The minimum Gasteiger partial charge on any atom is -0.348 e. The molecule has 0 spiro atoms. The molecule has 3 aromatic carbocycles. The number of nitrogens with zero attached hydrogens (tertiary/aromatic N) is 1. The van der Waals surface area contributed by atoms with Crippen LogP contribution in [0.25, 0.3) is 10.9 Å². The smallest absolute Gasteiger partial charge is 0.252 e. The van der Waals surface area contributed by atoms with Crippen molar-refractivity contribution in [1.82, 2.24) is 10.3 Å². The number of hydrogen-bond acceptors (Lipinski definition) is 3. The molecular weight excluding hydrogens is 407 g/mol. The third-order valence-corrected chi connectivity index (χ3v) is 5.79. The van der Waals surface area contributed by atoms with Crippen LogP contribution in [0.1, 0.15) is 15.9 Å². The van der Waals surface area contributed by atoms with Gasteiger partial charge in [0, 0.05) is 16.8 Å². The summed E-state index contributed by atoms with van der Waals surface area (Å²) in [5.41, 5.74) is 2.09. The minimum absolute atomic E-state index is 0.214. The third-order valence-electron chi connectivity index (χ3n) is 4.35. The van der Waals surface area contributed by atoms with Crippen LogP contribution in [0, 0.1) is 5.82 Å². The zero-order chi connectivity index (χ0) is 20.2. The Bertz CT molecular complexity index is 1180. The summed E-state index contributed by atoms with van der Waals surface area (Å²) in [5.74, 6) is -0.518. The fraction of sp³-hybridized carbons (Fsp3) is 0.0435. The number of para-hydroxylation sites is 1. The van der Waals surface area contributed by atoms with Gasteiger partial charge in [0.25, 0.3) is 5.91 Å². The highest BCUT2D eigenvalue weighted by Crippen LogP contribution is 2.34. The van der Waals surface area contributed by atoms with E-state index in [1.165, 1.54) is 23.9 Å². The number of rotatable bonds is 5. The van der Waals surface area contributed by atoms with Crippen LogP contribution in [0.5, 0.6) is 0 Å². The van der Waals surface area contributed by atoms with Crippen LogP contribution >= 0.6 is 23.4 Å². The van der Waals surface area contributed by atoms with E-state index < -0.39 is 0 Å². The summed E-state index contributed by atoms with van der Waals surface area (Å²) < 4.78 is 13.1. The van der Waals surface area contributed by atoms with E-state index >= 15 is 0 Å². The largest absolute Gasteiger partial charge is 0.348 e. The first-order valence-electron chi connectivity index (χ1n) is 8.95. The average molecular weight is 423 g/mol. The molecule has 0 aliphatic rings. The van der Waals surface area contributed by atoms with Crippen molar-refractivity contribution in [3.8, 4) is 0 Å². The summed E-state index contributed by atoms with van der Waals surface area (Å²) in [4.78, 5) is 18.5. The molecule has 1 aromatic heterocycles. The second-order valence-electron chi connectivity index (χ2n) is 6.37. The molecule has 0 bridgehead atoms. The molecule has 0 aliphatic heterocycles. The quantitative estimate of drug-likeness (QED) is 0.422. The lowest BCUT2D eigenvalue weighted by molar-refractivity contribution is 0.0952. The van der Waals surface area contributed by atoms with Crippen LogP contribution in [0.4, 0.5) is 4.39 Å². The number of nitrogens with one attached hydrogen (secondary N) is 1. The Balaban J connectivity index is 1.64. The highest BCUT2D eigenvalue weighted by molar-refractivity contribution is 7.99. The van der Waals surface area contributed by atoms with Crippen LogP contribution < -0.4 is 5.32 Å². The van der Waals surface area contributed by atoms with Crippen molar-refractivity contribution in [2.45, 2.75) is 16.5 Å². The molecule has 1 amide bonds. The summed E-state index contributed by atoms with van der Waals surface area (Å²) in [6.07, 6.45) is 0. The number of aromatic nitrogens is 1. The van der Waals surface area contributed by atoms with E-state index in [0.717, 1.165) is 21.4 Å². The van der Waals surface area contributed by atoms with Gasteiger partial charge in [0.1, 0.15) is 10.8 Å². The van der Waals surface area contributed by atoms with E-state index in [1.54, 1.807) is 18.2 Å². The van der Waals surface area contributed by atoms with Crippen molar-refractivity contribution in [3.05, 3.63) is 101 Å². The molecule has 144 valence electrons. The first-order valence-corrected chi connectivity index (χ1v) is 10.1. The molecule has 0 aliphatic carbocycles. The number of carbonyl (C=O) groups excluding carboxylic acids is 1. The Hall–Kier alpha value is -2.89. The standard InChI is InChI=1S/C23H16ClFN2OS/c24-19-6-2-4-8-21(19)29-22-13-18(17-5-1-3-7-20(17)27-22)23(28)26-14-15-9-11-16(25)12-10-15/h1-13H,14H2,(H,26,28). The van der Waals surface area contributed by atoms with Crippen LogP contribution in [-0.4, -0.2) is 10.9 Å². The van der Waals surface area contributed by atoms with Gasteiger partial charge in [-0.3, -0.25) is 4.79 Å². The molecule has 1 N–H and O–H groups in total. The summed E-state index contributed by atoms with van der Waals surface area (Å²) in [6.45, 7) is 0.308. The molecule has 29 heavy (non-hydrogen) atoms. The van der Waals surface area contributed by atoms with Gasteiger partial charge in [0.05, 0.1) is 16.1 Å². The molecule has 0 unspecified atom stereocenters. The highest BCUT2D eigenvalue weighted by atomic mass is 35.5. The summed E-state index contributed by atoms with van der Waals surface area (Å²) in [7, 11) is 0. The van der Waals surface area contributed by atoms with Gasteiger partial charge in [-0.05, 0) is 42.0 Å². The monoisotopic (exact) mass is 422 g/mol. The zero-order valence-corrected chi connectivity index (χ0v) is 16.8. The molecule has 0 radical (unpaired) electrons. The molecular formula is C23H16ClFN2OS. The topological polar surface area (TPSA) is 42.0 Å². The van der Waals surface area contributed by atoms with Crippen molar-refractivity contribution >= 4 is 40.2 Å². The van der Waals surface area contributed by atoms with Crippen molar-refractivity contribution < 1.29 is 9.18 Å². The Kier molecular flexibility index (Phi) is 5.79. The van der Waals surface area contributed by atoms with E-state index in [0.29, 0.717) is 22.2 Å². The number of halogens is 2. The van der Waals surface area contributed by atoms with Gasteiger partial charge in [-0.2, -0.15) is 0 Å². The van der Waals surface area contributed by atoms with Gasteiger partial charge in [-0.25, -0.2) is 9.37 Å². The maximum absolute atomic E-state index is 13.1. The molecule has 0 fully saturated rings. The van der Waals surface area contributed by atoms with Gasteiger partial charge in [0.2, 0.25) is 0 Å². The van der Waals surface area contributed by atoms with E-state index in [9.17, 15) is 9.18 Å². The Morgan fingerprint density at radius 3 is 2.52 bits per heavy atom. The second kappa shape index (κ2) is 8.64. The molecule has 4 rings (SSSR count). The maximum Gasteiger partial charge on any atom is 0.252 e. The molecule has 0 saturated carbocycles. The highest BCUT2D eigenvalue weighted by Gasteiger charge is 2.14. The van der Waals surface area contributed by atoms with Crippen LogP contribution in [0.15, 0.2) is 88.8 Å². The van der Waals surface area contributed by atoms with Crippen molar-refractivity contribution in [2.24, 2.45) is 0 Å². The first-order chi connectivity index (χ1) is 14.1. The lowest BCUT2D eigenvalue weighted by Gasteiger charge is -2.11. The number of amides is 1. The Morgan fingerprint density at radius 1 is 1.00 bits per heavy atom. The number of carbonyl (C=O) groups is 1. The Morgan fingerprint density at radius 2 is 1.72 bits per heavy atom. The second-order valence-corrected chi connectivity index (χ2v) is 7.84. The van der Waals surface area contributed by atoms with Crippen LogP contribution in [-0.2, 0) is 6.54 Å². The fourth-order valence-corrected chi connectivity index (χ4v) is 4.02. The van der Waals surface area contributed by atoms with Crippen molar-refractivity contribution in [2.75, 3.05) is 0 Å². The van der Waals surface area contributed by atoms with Gasteiger partial charge in [0.15, 0.2) is 0 Å². The maximum atomic E-state index is 13.1. The number of benzene rings is 3. The van der Waals surface area contributed by atoms with E-state index in [2.05, 4.69) is 10.3 Å². The minimum atomic E-state index is -0.304. The van der Waals surface area contributed by atoms with E-state index in [1.807, 2.05) is 48.5 Å². The number of hydrogen-bond donors (Lipinski definition) is 1. The molecule has 0 atom stereocenters. The molecule has 1 heterocycles. The number of pyridine rings is 1. The van der Waals surface area contributed by atoms with Crippen molar-refractivity contribution in [1.29, 1.82) is 0 Å². The SMILES string of the molecule is O=C(NCc1ccc(F)cc1)c1cc(Sc2ccccc2Cl)nc2ccccc12. The summed E-state index contributed by atoms with van der Waals surface area (Å²) in [5, 5.41) is 4.99. The zero-order valence-electron chi connectivity index (χ0n) is 15.2.